The van der Waals surface area contributed by atoms with Gasteiger partial charge >= 0.3 is 0 Å². The summed E-state index contributed by atoms with van der Waals surface area (Å²) >= 11 is 4.26. The molecule has 2 aromatic rings. The average molecular weight is 240 g/mol. The predicted octanol–water partition coefficient (Wildman–Crippen LogP) is 3.41. The Bertz CT molecular complexity index is 538. The molecule has 0 aliphatic rings. The number of benzene rings is 2. The van der Waals surface area contributed by atoms with Gasteiger partial charge in [-0.25, -0.2) is 0 Å². The molecule has 2 aromatic carbocycles. The van der Waals surface area contributed by atoms with Gasteiger partial charge in [0.05, 0.1) is 0 Å². The van der Waals surface area contributed by atoms with Crippen LogP contribution in [0.4, 0.5) is 0 Å². The van der Waals surface area contributed by atoms with Crippen molar-refractivity contribution >= 4 is 12.6 Å². The average Bonchev–Trinajstić information content (AvgIpc) is 2.36. The second kappa shape index (κ2) is 6.03. The highest BCUT2D eigenvalue weighted by Gasteiger charge is 1.89. The molecule has 0 saturated carbocycles. The van der Waals surface area contributed by atoms with Gasteiger partial charge in [-0.15, -0.1) is 12.6 Å². The molecule has 1 nitrogen and oxygen atoms in total. The molecule has 0 spiro atoms. The maximum atomic E-state index is 5.47. The highest BCUT2D eigenvalue weighted by molar-refractivity contribution is 7.80. The first-order valence-electron chi connectivity index (χ1n) is 5.30. The molecule has 0 saturated heterocycles. The third-order valence-electron chi connectivity index (χ3n) is 2.13. The highest BCUT2D eigenvalue weighted by Crippen LogP contribution is 2.08. The number of hydrogen-bond acceptors (Lipinski definition) is 2. The molecule has 0 amide bonds. The molecule has 84 valence electrons. The fraction of sp³-hybridized carbons (Fsp3) is 0.0667. The van der Waals surface area contributed by atoms with Gasteiger partial charge in [0.2, 0.25) is 0 Å². The van der Waals surface area contributed by atoms with E-state index in [1.165, 1.54) is 0 Å². The van der Waals surface area contributed by atoms with Crippen LogP contribution in [0.1, 0.15) is 5.56 Å². The van der Waals surface area contributed by atoms with Crippen molar-refractivity contribution in [1.29, 1.82) is 0 Å². The second-order valence-electron chi connectivity index (χ2n) is 3.45. The van der Waals surface area contributed by atoms with Gasteiger partial charge in [0.15, 0.2) is 0 Å². The molecule has 0 aromatic heterocycles. The van der Waals surface area contributed by atoms with Crippen molar-refractivity contribution in [3.63, 3.8) is 0 Å². The Balaban J connectivity index is 1.91. The number of para-hydroxylation sites is 1. The summed E-state index contributed by atoms with van der Waals surface area (Å²) in [6.45, 7) is 0.390. The van der Waals surface area contributed by atoms with Gasteiger partial charge in [0.1, 0.15) is 12.4 Å². The summed E-state index contributed by atoms with van der Waals surface area (Å²) < 4.78 is 5.47. The van der Waals surface area contributed by atoms with Crippen molar-refractivity contribution in [2.45, 2.75) is 4.90 Å². The van der Waals surface area contributed by atoms with Crippen LogP contribution < -0.4 is 4.74 Å². The molecule has 0 N–H and O–H groups in total. The van der Waals surface area contributed by atoms with E-state index in [1.807, 2.05) is 54.6 Å². The zero-order valence-electron chi connectivity index (χ0n) is 9.26. The van der Waals surface area contributed by atoms with Crippen LogP contribution in [0.5, 0.6) is 5.75 Å². The van der Waals surface area contributed by atoms with Gasteiger partial charge in [-0.3, -0.25) is 0 Å². The zero-order valence-corrected chi connectivity index (χ0v) is 10.2. The number of ether oxygens (including phenoxy) is 1. The minimum Gasteiger partial charge on any atom is -0.481 e. The largest absolute Gasteiger partial charge is 0.481 e. The monoisotopic (exact) mass is 240 g/mol. The van der Waals surface area contributed by atoms with Gasteiger partial charge in [-0.1, -0.05) is 36.1 Å². The smallest absolute Gasteiger partial charge is 0.149 e. The fourth-order valence-electron chi connectivity index (χ4n) is 1.36. The van der Waals surface area contributed by atoms with E-state index < -0.39 is 0 Å². The second-order valence-corrected chi connectivity index (χ2v) is 3.97. The lowest BCUT2D eigenvalue weighted by Crippen LogP contribution is -1.93. The summed E-state index contributed by atoms with van der Waals surface area (Å²) in [6.07, 6.45) is 0. The molecule has 0 atom stereocenters. The van der Waals surface area contributed by atoms with Crippen LogP contribution in [0, 0.1) is 11.8 Å². The van der Waals surface area contributed by atoms with Crippen LogP contribution in [0.25, 0.3) is 0 Å². The lowest BCUT2D eigenvalue weighted by molar-refractivity contribution is 0.370. The lowest BCUT2D eigenvalue weighted by atomic mass is 10.2. The molecule has 0 aliphatic heterocycles. The van der Waals surface area contributed by atoms with Gasteiger partial charge in [-0.2, -0.15) is 0 Å². The van der Waals surface area contributed by atoms with Crippen molar-refractivity contribution in [2.75, 3.05) is 6.61 Å². The summed E-state index contributed by atoms with van der Waals surface area (Å²) in [6, 6.07) is 17.4. The Hall–Kier alpha value is -1.85. The lowest BCUT2D eigenvalue weighted by Gasteiger charge is -1.99. The van der Waals surface area contributed by atoms with E-state index >= 15 is 0 Å². The Labute approximate surface area is 107 Å². The third-order valence-corrected chi connectivity index (χ3v) is 2.41. The fourth-order valence-corrected chi connectivity index (χ4v) is 1.58. The number of thiol groups is 1. The van der Waals surface area contributed by atoms with Gasteiger partial charge in [0, 0.05) is 10.5 Å². The van der Waals surface area contributed by atoms with Crippen molar-refractivity contribution in [3.05, 3.63) is 60.2 Å². The van der Waals surface area contributed by atoms with E-state index in [1.54, 1.807) is 0 Å². The highest BCUT2D eigenvalue weighted by atomic mass is 32.1. The van der Waals surface area contributed by atoms with E-state index in [0.29, 0.717) is 6.61 Å². The first-order chi connectivity index (χ1) is 8.34. The topological polar surface area (TPSA) is 9.23 Å². The van der Waals surface area contributed by atoms with Crippen LogP contribution in [-0.4, -0.2) is 6.61 Å². The van der Waals surface area contributed by atoms with E-state index in [2.05, 4.69) is 24.5 Å². The Morgan fingerprint density at radius 1 is 1.00 bits per heavy atom. The number of rotatable bonds is 2. The summed E-state index contributed by atoms with van der Waals surface area (Å²) in [5.74, 6) is 6.84. The molecular weight excluding hydrogens is 228 g/mol. The van der Waals surface area contributed by atoms with Crippen LogP contribution >= 0.6 is 12.6 Å². The normalized spacial score (nSPS) is 9.24. The standard InChI is InChI=1S/C15H12OS/c17-15-10-4-6-13(12-15)7-5-11-16-14-8-2-1-3-9-14/h1-4,6,8-10,12,17H,11H2. The van der Waals surface area contributed by atoms with Crippen molar-refractivity contribution in [3.8, 4) is 17.6 Å². The van der Waals surface area contributed by atoms with E-state index in [9.17, 15) is 0 Å². The van der Waals surface area contributed by atoms with Crippen LogP contribution in [0.3, 0.4) is 0 Å². The Morgan fingerprint density at radius 3 is 2.59 bits per heavy atom. The van der Waals surface area contributed by atoms with Crippen LogP contribution in [0.2, 0.25) is 0 Å². The minimum atomic E-state index is 0.390. The first-order valence-corrected chi connectivity index (χ1v) is 5.75. The van der Waals surface area contributed by atoms with Crippen molar-refractivity contribution in [1.82, 2.24) is 0 Å². The molecule has 0 unspecified atom stereocenters. The summed E-state index contributed by atoms with van der Waals surface area (Å²) in [7, 11) is 0. The van der Waals surface area contributed by atoms with Gasteiger partial charge in [-0.05, 0) is 30.3 Å². The molecule has 17 heavy (non-hydrogen) atoms. The Morgan fingerprint density at radius 2 is 1.82 bits per heavy atom. The maximum absolute atomic E-state index is 5.47. The zero-order chi connectivity index (χ0) is 11.9. The SMILES string of the molecule is Sc1cccc(C#CCOc2ccccc2)c1. The van der Waals surface area contributed by atoms with Crippen molar-refractivity contribution < 1.29 is 4.74 Å². The van der Waals surface area contributed by atoms with E-state index in [4.69, 9.17) is 4.74 Å². The molecule has 0 aliphatic carbocycles. The van der Waals surface area contributed by atoms with E-state index in [0.717, 1.165) is 16.2 Å². The molecule has 0 heterocycles. The molecule has 2 rings (SSSR count). The van der Waals surface area contributed by atoms with Gasteiger partial charge < -0.3 is 4.74 Å². The van der Waals surface area contributed by atoms with Crippen molar-refractivity contribution in [2.24, 2.45) is 0 Å². The van der Waals surface area contributed by atoms with Crippen LogP contribution in [0.15, 0.2) is 59.5 Å². The quantitative estimate of drug-likeness (QED) is 0.625. The minimum absolute atomic E-state index is 0.390. The molecule has 0 fully saturated rings. The summed E-state index contributed by atoms with van der Waals surface area (Å²) in [5, 5.41) is 0. The van der Waals surface area contributed by atoms with Gasteiger partial charge in [0.25, 0.3) is 0 Å². The molecular formula is C15H12OS. The first kappa shape index (κ1) is 11.6. The molecule has 2 heteroatoms. The van der Waals surface area contributed by atoms with E-state index in [-0.39, 0.29) is 0 Å². The Kier molecular flexibility index (Phi) is 4.12. The predicted molar refractivity (Wildman–Crippen MR) is 72.5 cm³/mol. The summed E-state index contributed by atoms with van der Waals surface area (Å²) in [4.78, 5) is 0.917. The van der Waals surface area contributed by atoms with Crippen LogP contribution in [-0.2, 0) is 0 Å². The molecule has 0 bridgehead atoms. The molecule has 0 radical (unpaired) electrons. The maximum Gasteiger partial charge on any atom is 0.149 e. The number of hydrogen-bond donors (Lipinski definition) is 1. The third kappa shape index (κ3) is 3.90. The summed E-state index contributed by atoms with van der Waals surface area (Å²) in [5.41, 5.74) is 0.953.